The Morgan fingerprint density at radius 1 is 1.05 bits per heavy atom. The van der Waals surface area contributed by atoms with Gasteiger partial charge in [-0.05, 0) is 32.6 Å². The van der Waals surface area contributed by atoms with Crippen molar-refractivity contribution in [1.82, 2.24) is 0 Å². The van der Waals surface area contributed by atoms with Crippen LogP contribution in [0.25, 0.3) is 0 Å². The minimum atomic E-state index is -0.851. The van der Waals surface area contributed by atoms with Crippen molar-refractivity contribution in [2.45, 2.75) is 51.9 Å². The molecule has 4 heteroatoms. The molecule has 2 aliphatic rings. The molecule has 4 nitrogen and oxygen atoms in total. The highest BCUT2D eigenvalue weighted by atomic mass is 16.5. The van der Waals surface area contributed by atoms with Gasteiger partial charge in [0.05, 0.1) is 6.61 Å². The number of hydrogen-bond acceptors (Lipinski definition) is 4. The number of rotatable bonds is 7. The van der Waals surface area contributed by atoms with Crippen LogP contribution >= 0.6 is 0 Å². The van der Waals surface area contributed by atoms with Crippen molar-refractivity contribution in [3.63, 3.8) is 0 Å². The van der Waals surface area contributed by atoms with Crippen molar-refractivity contribution >= 4 is 17.5 Å². The van der Waals surface area contributed by atoms with Gasteiger partial charge in [0.2, 0.25) is 0 Å². The summed E-state index contributed by atoms with van der Waals surface area (Å²) in [6.45, 7) is 1.97. The molecule has 2 saturated carbocycles. The van der Waals surface area contributed by atoms with Gasteiger partial charge in [0.15, 0.2) is 5.78 Å². The van der Waals surface area contributed by atoms with Crippen LogP contribution in [0.3, 0.4) is 0 Å². The minimum absolute atomic E-state index is 0.0404. The van der Waals surface area contributed by atoms with Gasteiger partial charge in [0.25, 0.3) is 0 Å². The number of hydrogen-bond donors (Lipinski definition) is 0. The maximum atomic E-state index is 12.4. The average molecular weight is 266 g/mol. The van der Waals surface area contributed by atoms with Crippen LogP contribution in [0.2, 0.25) is 0 Å². The zero-order valence-electron chi connectivity index (χ0n) is 11.5. The SMILES string of the molecule is CCOC(=O)C(CC(=O)C1CC1)C(=O)C1CCCC1. The fourth-order valence-corrected chi connectivity index (χ4v) is 2.81. The van der Waals surface area contributed by atoms with Gasteiger partial charge in [-0.1, -0.05) is 12.8 Å². The monoisotopic (exact) mass is 266 g/mol. The Morgan fingerprint density at radius 2 is 1.68 bits per heavy atom. The summed E-state index contributed by atoms with van der Waals surface area (Å²) in [6, 6.07) is 0. The number of carbonyl (C=O) groups is 3. The fraction of sp³-hybridized carbons (Fsp3) is 0.800. The van der Waals surface area contributed by atoms with Crippen LogP contribution in [0, 0.1) is 17.8 Å². The predicted molar refractivity (Wildman–Crippen MR) is 69.4 cm³/mol. The molecule has 0 aromatic rings. The van der Waals surface area contributed by atoms with Crippen molar-refractivity contribution in [3.8, 4) is 0 Å². The van der Waals surface area contributed by atoms with E-state index in [0.29, 0.717) is 0 Å². The highest BCUT2D eigenvalue weighted by Gasteiger charge is 2.39. The first-order valence-corrected chi connectivity index (χ1v) is 7.36. The van der Waals surface area contributed by atoms with Crippen molar-refractivity contribution in [2.24, 2.45) is 17.8 Å². The molecule has 0 radical (unpaired) electrons. The van der Waals surface area contributed by atoms with Gasteiger partial charge in [0, 0.05) is 18.3 Å². The van der Waals surface area contributed by atoms with E-state index in [9.17, 15) is 14.4 Å². The molecule has 0 aromatic heterocycles. The number of ketones is 2. The highest BCUT2D eigenvalue weighted by Crippen LogP contribution is 2.34. The van der Waals surface area contributed by atoms with Gasteiger partial charge < -0.3 is 4.74 Å². The quantitative estimate of drug-likeness (QED) is 0.524. The summed E-state index contributed by atoms with van der Waals surface area (Å²) in [5.41, 5.74) is 0. The summed E-state index contributed by atoms with van der Waals surface area (Å²) in [5.74, 6) is -1.31. The van der Waals surface area contributed by atoms with E-state index in [1.165, 1.54) is 0 Å². The molecule has 0 spiro atoms. The van der Waals surface area contributed by atoms with Crippen LogP contribution in [-0.2, 0) is 19.1 Å². The molecule has 0 saturated heterocycles. The van der Waals surface area contributed by atoms with Crippen LogP contribution in [0.4, 0.5) is 0 Å². The molecular weight excluding hydrogens is 244 g/mol. The minimum Gasteiger partial charge on any atom is -0.465 e. The first-order chi connectivity index (χ1) is 9.13. The highest BCUT2D eigenvalue weighted by molar-refractivity contribution is 6.04. The van der Waals surface area contributed by atoms with Gasteiger partial charge in [-0.3, -0.25) is 14.4 Å². The molecule has 2 rings (SSSR count). The predicted octanol–water partition coefficient (Wildman–Crippen LogP) is 2.29. The van der Waals surface area contributed by atoms with E-state index in [1.807, 2.05) is 0 Å². The van der Waals surface area contributed by atoms with Crippen LogP contribution < -0.4 is 0 Å². The summed E-state index contributed by atoms with van der Waals surface area (Å²) in [5, 5.41) is 0. The van der Waals surface area contributed by atoms with Crippen molar-refractivity contribution in [3.05, 3.63) is 0 Å². The molecule has 0 aromatic carbocycles. The zero-order chi connectivity index (χ0) is 13.8. The van der Waals surface area contributed by atoms with Gasteiger partial charge in [-0.15, -0.1) is 0 Å². The van der Waals surface area contributed by atoms with Crippen molar-refractivity contribution in [1.29, 1.82) is 0 Å². The largest absolute Gasteiger partial charge is 0.465 e. The van der Waals surface area contributed by atoms with Crippen LogP contribution in [0.1, 0.15) is 51.9 Å². The van der Waals surface area contributed by atoms with E-state index in [2.05, 4.69) is 0 Å². The Balaban J connectivity index is 2.01. The standard InChI is InChI=1S/C15H22O4/c1-2-19-15(18)12(9-13(16)10-7-8-10)14(17)11-5-3-4-6-11/h10-12H,2-9H2,1H3. The van der Waals surface area contributed by atoms with Crippen molar-refractivity contribution < 1.29 is 19.1 Å². The summed E-state index contributed by atoms with van der Waals surface area (Å²) in [6.07, 6.45) is 5.67. The van der Waals surface area contributed by atoms with E-state index in [-0.39, 0.29) is 36.4 Å². The molecule has 2 aliphatic carbocycles. The summed E-state index contributed by atoms with van der Waals surface area (Å²) in [4.78, 5) is 36.2. The Kier molecular flexibility index (Phi) is 4.72. The zero-order valence-corrected chi connectivity index (χ0v) is 11.5. The third-order valence-corrected chi connectivity index (χ3v) is 4.11. The van der Waals surface area contributed by atoms with E-state index in [1.54, 1.807) is 6.92 Å². The number of esters is 1. The molecule has 106 valence electrons. The second-order valence-corrected chi connectivity index (χ2v) is 5.63. The normalized spacial score (nSPS) is 21.1. The Hall–Kier alpha value is -1.19. The smallest absolute Gasteiger partial charge is 0.316 e. The third kappa shape index (κ3) is 3.64. The molecule has 0 amide bonds. The van der Waals surface area contributed by atoms with Crippen LogP contribution in [0.15, 0.2) is 0 Å². The molecule has 0 heterocycles. The molecule has 2 fully saturated rings. The first-order valence-electron chi connectivity index (χ1n) is 7.36. The maximum absolute atomic E-state index is 12.4. The van der Waals surface area contributed by atoms with Crippen LogP contribution in [0.5, 0.6) is 0 Å². The Bertz CT molecular complexity index is 364. The number of ether oxygens (including phenoxy) is 1. The first kappa shape index (κ1) is 14.2. The Labute approximate surface area is 113 Å². The van der Waals surface area contributed by atoms with E-state index in [0.717, 1.165) is 38.5 Å². The van der Waals surface area contributed by atoms with Crippen LogP contribution in [-0.4, -0.2) is 24.1 Å². The molecule has 1 unspecified atom stereocenters. The van der Waals surface area contributed by atoms with E-state index < -0.39 is 11.9 Å². The second kappa shape index (κ2) is 6.31. The average Bonchev–Trinajstić information content (AvgIpc) is 3.10. The maximum Gasteiger partial charge on any atom is 0.316 e. The summed E-state index contributed by atoms with van der Waals surface area (Å²) in [7, 11) is 0. The van der Waals surface area contributed by atoms with Gasteiger partial charge >= 0.3 is 5.97 Å². The Morgan fingerprint density at radius 3 is 2.21 bits per heavy atom. The van der Waals surface area contributed by atoms with Gasteiger partial charge in [-0.25, -0.2) is 0 Å². The lowest BCUT2D eigenvalue weighted by molar-refractivity contribution is -0.154. The fourth-order valence-electron chi connectivity index (χ4n) is 2.81. The molecule has 0 N–H and O–H groups in total. The lowest BCUT2D eigenvalue weighted by Gasteiger charge is -2.17. The van der Waals surface area contributed by atoms with Crippen molar-refractivity contribution in [2.75, 3.05) is 6.61 Å². The number of carbonyl (C=O) groups excluding carboxylic acids is 3. The second-order valence-electron chi connectivity index (χ2n) is 5.63. The topological polar surface area (TPSA) is 60.4 Å². The third-order valence-electron chi connectivity index (χ3n) is 4.11. The lowest BCUT2D eigenvalue weighted by Crippen LogP contribution is -2.32. The van der Waals surface area contributed by atoms with Gasteiger partial charge in [-0.2, -0.15) is 0 Å². The lowest BCUT2D eigenvalue weighted by atomic mass is 9.87. The molecule has 19 heavy (non-hydrogen) atoms. The van der Waals surface area contributed by atoms with E-state index >= 15 is 0 Å². The molecule has 1 atom stereocenters. The molecule has 0 bridgehead atoms. The molecule has 0 aliphatic heterocycles. The summed E-state index contributed by atoms with van der Waals surface area (Å²) >= 11 is 0. The molecular formula is C15H22O4. The van der Waals surface area contributed by atoms with Gasteiger partial charge in [0.1, 0.15) is 11.7 Å². The summed E-state index contributed by atoms with van der Waals surface area (Å²) < 4.78 is 4.97. The number of Topliss-reactive ketones (excluding diaryl/α,β-unsaturated/α-hetero) is 2. The van der Waals surface area contributed by atoms with E-state index in [4.69, 9.17) is 4.74 Å².